The maximum atomic E-state index is 12.0. The van der Waals surface area contributed by atoms with Crippen molar-refractivity contribution < 1.29 is 14.6 Å². The Labute approximate surface area is 156 Å². The second kappa shape index (κ2) is 8.40. The van der Waals surface area contributed by atoms with Gasteiger partial charge in [0.1, 0.15) is 18.0 Å². The van der Waals surface area contributed by atoms with Crippen molar-refractivity contribution in [3.8, 4) is 5.75 Å². The monoisotopic (exact) mass is 360 g/mol. The van der Waals surface area contributed by atoms with Crippen molar-refractivity contribution >= 4 is 5.91 Å². The summed E-state index contributed by atoms with van der Waals surface area (Å²) < 4.78 is 5.91. The normalized spacial score (nSPS) is 25.7. The fraction of sp³-hybridized carbons (Fsp3) is 0.667. The summed E-state index contributed by atoms with van der Waals surface area (Å²) in [6.45, 7) is 6.22. The molecule has 5 heteroatoms. The number of hydrogen-bond acceptors (Lipinski definition) is 4. The van der Waals surface area contributed by atoms with E-state index in [9.17, 15) is 9.90 Å². The topological polar surface area (TPSA) is 53.0 Å². The summed E-state index contributed by atoms with van der Waals surface area (Å²) >= 11 is 0. The van der Waals surface area contributed by atoms with Crippen LogP contribution in [0.1, 0.15) is 44.6 Å². The van der Waals surface area contributed by atoms with E-state index < -0.39 is 5.60 Å². The van der Waals surface area contributed by atoms with Crippen LogP contribution in [-0.2, 0) is 4.79 Å². The summed E-state index contributed by atoms with van der Waals surface area (Å²) in [5, 5.41) is 11.3. The molecule has 5 nitrogen and oxygen atoms in total. The second-order valence-corrected chi connectivity index (χ2v) is 8.03. The minimum Gasteiger partial charge on any atom is -0.490 e. The quantitative estimate of drug-likeness (QED) is 0.897. The molecule has 1 aliphatic carbocycles. The van der Waals surface area contributed by atoms with Gasteiger partial charge in [-0.1, -0.05) is 37.0 Å². The number of aliphatic hydroxyl groups is 1. The predicted molar refractivity (Wildman–Crippen MR) is 102 cm³/mol. The lowest BCUT2D eigenvalue weighted by molar-refractivity contribution is -0.132. The first kappa shape index (κ1) is 19.2. The molecule has 1 saturated carbocycles. The first-order valence-electron chi connectivity index (χ1n) is 9.87. The number of hydrogen-bond donors (Lipinski definition) is 1. The molecule has 1 saturated heterocycles. The van der Waals surface area contributed by atoms with Gasteiger partial charge in [0.2, 0.25) is 5.91 Å². The third-order valence-electron chi connectivity index (χ3n) is 5.70. The summed E-state index contributed by atoms with van der Waals surface area (Å²) in [5.41, 5.74) is 0.126. The molecular weight excluding hydrogens is 328 g/mol. The van der Waals surface area contributed by atoms with Crippen LogP contribution in [-0.4, -0.2) is 65.2 Å². The van der Waals surface area contributed by atoms with Crippen molar-refractivity contribution in [3.63, 3.8) is 0 Å². The summed E-state index contributed by atoms with van der Waals surface area (Å²) in [6.07, 6.45) is 6.21. The first-order valence-corrected chi connectivity index (χ1v) is 9.87. The number of ether oxygens (including phenoxy) is 1. The van der Waals surface area contributed by atoms with Crippen LogP contribution in [0.3, 0.4) is 0 Å². The Hall–Kier alpha value is -1.59. The smallest absolute Gasteiger partial charge is 0.219 e. The molecule has 1 heterocycles. The van der Waals surface area contributed by atoms with Gasteiger partial charge >= 0.3 is 0 Å². The van der Waals surface area contributed by atoms with Crippen molar-refractivity contribution in [2.24, 2.45) is 0 Å². The molecule has 0 aromatic heterocycles. The molecule has 2 fully saturated rings. The van der Waals surface area contributed by atoms with Gasteiger partial charge in [0.25, 0.3) is 0 Å². The standard InChI is InChI=1S/C21H32N2O3/c1-17-8-10-20(11-9-17)26-16-21(25)14-22(18(2)24)12-13-23(15-21)19-6-4-3-5-7-19/h8-11,19,25H,3-7,12-16H2,1-2H3/t21-/m1/s1. The lowest BCUT2D eigenvalue weighted by atomic mass is 9.93. The van der Waals surface area contributed by atoms with E-state index in [4.69, 9.17) is 4.74 Å². The van der Waals surface area contributed by atoms with E-state index in [1.54, 1.807) is 11.8 Å². The number of amides is 1. The molecule has 1 aromatic carbocycles. The lowest BCUT2D eigenvalue weighted by Gasteiger charge is -2.37. The average Bonchev–Trinajstić information content (AvgIpc) is 2.82. The molecule has 0 spiro atoms. The number of carbonyl (C=O) groups excluding carboxylic acids is 1. The highest BCUT2D eigenvalue weighted by molar-refractivity contribution is 5.73. The van der Waals surface area contributed by atoms with Gasteiger partial charge in [-0.25, -0.2) is 0 Å². The highest BCUT2D eigenvalue weighted by Gasteiger charge is 2.39. The Morgan fingerprint density at radius 3 is 2.50 bits per heavy atom. The van der Waals surface area contributed by atoms with Gasteiger partial charge < -0.3 is 14.7 Å². The third kappa shape index (κ3) is 4.98. The van der Waals surface area contributed by atoms with E-state index in [1.807, 2.05) is 31.2 Å². The minimum atomic E-state index is -1.05. The van der Waals surface area contributed by atoms with Crippen molar-refractivity contribution in [2.45, 2.75) is 57.6 Å². The van der Waals surface area contributed by atoms with Gasteiger partial charge in [0, 0.05) is 32.6 Å². The lowest BCUT2D eigenvalue weighted by Crippen LogP contribution is -2.53. The molecule has 2 aliphatic rings. The largest absolute Gasteiger partial charge is 0.490 e. The van der Waals surface area contributed by atoms with Crippen molar-refractivity contribution in [2.75, 3.05) is 32.8 Å². The maximum Gasteiger partial charge on any atom is 0.219 e. The Morgan fingerprint density at radius 1 is 1.15 bits per heavy atom. The third-order valence-corrected chi connectivity index (χ3v) is 5.70. The zero-order valence-corrected chi connectivity index (χ0v) is 16.1. The van der Waals surface area contributed by atoms with Crippen molar-refractivity contribution in [3.05, 3.63) is 29.8 Å². The molecule has 144 valence electrons. The zero-order valence-electron chi connectivity index (χ0n) is 16.1. The van der Waals surface area contributed by atoms with Crippen LogP contribution in [0.15, 0.2) is 24.3 Å². The van der Waals surface area contributed by atoms with E-state index >= 15 is 0 Å². The highest BCUT2D eigenvalue weighted by Crippen LogP contribution is 2.26. The van der Waals surface area contributed by atoms with E-state index in [-0.39, 0.29) is 12.5 Å². The number of nitrogens with zero attached hydrogens (tertiary/aromatic N) is 2. The first-order chi connectivity index (χ1) is 12.5. The van der Waals surface area contributed by atoms with Gasteiger partial charge in [0.05, 0.1) is 6.54 Å². The van der Waals surface area contributed by atoms with Crippen LogP contribution in [0.5, 0.6) is 5.75 Å². The molecule has 1 N–H and O–H groups in total. The summed E-state index contributed by atoms with van der Waals surface area (Å²) in [5.74, 6) is 0.774. The molecule has 0 radical (unpaired) electrons. The van der Waals surface area contributed by atoms with Crippen LogP contribution >= 0.6 is 0 Å². The van der Waals surface area contributed by atoms with E-state index in [1.165, 1.54) is 37.7 Å². The van der Waals surface area contributed by atoms with Gasteiger partial charge in [-0.3, -0.25) is 9.69 Å². The zero-order chi connectivity index (χ0) is 18.6. The molecule has 26 heavy (non-hydrogen) atoms. The number of β-amino-alcohol motifs (C(OH)–C–C–N with tert-alkyl or cyclic N) is 1. The minimum absolute atomic E-state index is 0.0178. The Morgan fingerprint density at radius 2 is 1.85 bits per heavy atom. The van der Waals surface area contributed by atoms with E-state index in [0.717, 1.165) is 12.3 Å². The second-order valence-electron chi connectivity index (χ2n) is 8.03. The molecule has 1 amide bonds. The average molecular weight is 360 g/mol. The van der Waals surface area contributed by atoms with E-state index in [2.05, 4.69) is 4.90 Å². The molecule has 1 aliphatic heterocycles. The number of aryl methyl sites for hydroxylation is 1. The molecule has 1 aromatic rings. The van der Waals surface area contributed by atoms with Gasteiger partial charge in [0.15, 0.2) is 0 Å². The van der Waals surface area contributed by atoms with Gasteiger partial charge in [-0.2, -0.15) is 0 Å². The maximum absolute atomic E-state index is 12.0. The molecular formula is C21H32N2O3. The van der Waals surface area contributed by atoms with Crippen LogP contribution in [0.4, 0.5) is 0 Å². The van der Waals surface area contributed by atoms with Crippen LogP contribution in [0.25, 0.3) is 0 Å². The molecule has 3 rings (SSSR count). The van der Waals surface area contributed by atoms with Crippen molar-refractivity contribution in [1.29, 1.82) is 0 Å². The fourth-order valence-electron chi connectivity index (χ4n) is 4.16. The fourth-order valence-corrected chi connectivity index (χ4v) is 4.16. The summed E-state index contributed by atoms with van der Waals surface area (Å²) in [6, 6.07) is 8.38. The summed E-state index contributed by atoms with van der Waals surface area (Å²) in [4.78, 5) is 16.1. The highest BCUT2D eigenvalue weighted by atomic mass is 16.5. The Kier molecular flexibility index (Phi) is 6.20. The molecule has 0 bridgehead atoms. The van der Waals surface area contributed by atoms with Gasteiger partial charge in [-0.05, 0) is 31.9 Å². The van der Waals surface area contributed by atoms with Crippen LogP contribution in [0.2, 0.25) is 0 Å². The number of carbonyl (C=O) groups is 1. The number of benzene rings is 1. The SMILES string of the molecule is CC(=O)N1CCN(C2CCCCC2)C[C@@](O)(COc2ccc(C)cc2)C1. The molecule has 1 atom stereocenters. The molecule has 0 unspecified atom stereocenters. The van der Waals surface area contributed by atoms with Gasteiger partial charge in [-0.15, -0.1) is 0 Å². The van der Waals surface area contributed by atoms with Crippen molar-refractivity contribution in [1.82, 2.24) is 9.80 Å². The summed E-state index contributed by atoms with van der Waals surface area (Å²) in [7, 11) is 0. The van der Waals surface area contributed by atoms with Crippen LogP contribution in [0, 0.1) is 6.92 Å². The Bertz CT molecular complexity index is 598. The predicted octanol–water partition coefficient (Wildman–Crippen LogP) is 2.60. The van der Waals surface area contributed by atoms with Crippen LogP contribution < -0.4 is 4.74 Å². The van der Waals surface area contributed by atoms with E-state index in [0.29, 0.717) is 25.7 Å². The number of rotatable bonds is 4. The Balaban J connectivity index is 1.71.